The highest BCUT2D eigenvalue weighted by Gasteiger charge is 2.03. The molecule has 0 aliphatic heterocycles. The van der Waals surface area contributed by atoms with Gasteiger partial charge in [0.15, 0.2) is 0 Å². The minimum absolute atomic E-state index is 0.336. The van der Waals surface area contributed by atoms with Crippen LogP contribution in [0.15, 0.2) is 5.51 Å². The quantitative estimate of drug-likeness (QED) is 0.717. The topological polar surface area (TPSA) is 30.0 Å². The Balaban J connectivity index is 2.43. The van der Waals surface area contributed by atoms with Gasteiger partial charge < -0.3 is 0 Å². The van der Waals surface area contributed by atoms with Gasteiger partial charge in [0.25, 0.3) is 0 Å². The molecule has 12 heavy (non-hydrogen) atoms. The van der Waals surface area contributed by atoms with Gasteiger partial charge >= 0.3 is 0 Å². The minimum atomic E-state index is 0.336. The summed E-state index contributed by atoms with van der Waals surface area (Å²) in [5, 5.41) is 0. The summed E-state index contributed by atoms with van der Waals surface area (Å²) < 4.78 is 0. The van der Waals surface area contributed by atoms with Gasteiger partial charge in [-0.25, -0.2) is 4.98 Å². The summed E-state index contributed by atoms with van der Waals surface area (Å²) in [4.78, 5) is 16.4. The van der Waals surface area contributed by atoms with Gasteiger partial charge in [-0.3, -0.25) is 4.79 Å². The predicted octanol–water partition coefficient (Wildman–Crippen LogP) is 2.36. The van der Waals surface area contributed by atoms with Crippen molar-refractivity contribution in [2.75, 3.05) is 0 Å². The average Bonchev–Trinajstić information content (AvgIpc) is 2.47. The number of aryl methyl sites for hydroxylation is 2. The van der Waals surface area contributed by atoms with Crippen molar-refractivity contribution < 1.29 is 4.79 Å². The van der Waals surface area contributed by atoms with Crippen LogP contribution < -0.4 is 0 Å². The van der Waals surface area contributed by atoms with Gasteiger partial charge in [0.2, 0.25) is 0 Å². The van der Waals surface area contributed by atoms with Crippen LogP contribution in [0.25, 0.3) is 0 Å². The number of rotatable bonds is 4. The lowest BCUT2D eigenvalue weighted by atomic mass is 10.1. The standard InChI is InChI=1S/C9H13NOS/c1-3-8(11)4-5-9-7(2)10-6-12-9/h6H,3-5H2,1-2H3. The molecule has 1 rings (SSSR count). The summed E-state index contributed by atoms with van der Waals surface area (Å²) in [6, 6.07) is 0. The summed E-state index contributed by atoms with van der Waals surface area (Å²) in [5.41, 5.74) is 2.91. The molecule has 1 aromatic heterocycles. The third-order valence-electron chi connectivity index (χ3n) is 1.87. The van der Waals surface area contributed by atoms with E-state index in [1.54, 1.807) is 11.3 Å². The predicted molar refractivity (Wildman–Crippen MR) is 50.5 cm³/mol. The largest absolute Gasteiger partial charge is 0.300 e. The molecule has 0 aromatic carbocycles. The molecule has 1 aromatic rings. The molecular weight excluding hydrogens is 170 g/mol. The van der Waals surface area contributed by atoms with Gasteiger partial charge in [-0.15, -0.1) is 11.3 Å². The molecule has 0 spiro atoms. The van der Waals surface area contributed by atoms with E-state index in [1.165, 1.54) is 4.88 Å². The second-order valence-electron chi connectivity index (χ2n) is 2.75. The third kappa shape index (κ3) is 2.41. The molecule has 0 bridgehead atoms. The van der Waals surface area contributed by atoms with Crippen molar-refractivity contribution in [3.8, 4) is 0 Å². The fourth-order valence-corrected chi connectivity index (χ4v) is 1.78. The van der Waals surface area contributed by atoms with E-state index < -0.39 is 0 Å². The number of thiazole rings is 1. The Hall–Kier alpha value is -0.700. The number of carbonyl (C=O) groups excluding carboxylic acids is 1. The summed E-state index contributed by atoms with van der Waals surface area (Å²) in [6.45, 7) is 3.89. The second kappa shape index (κ2) is 4.36. The highest BCUT2D eigenvalue weighted by Crippen LogP contribution is 2.14. The number of ketones is 1. The van der Waals surface area contributed by atoms with E-state index in [-0.39, 0.29) is 0 Å². The lowest BCUT2D eigenvalue weighted by Crippen LogP contribution is -1.97. The SMILES string of the molecule is CCC(=O)CCc1scnc1C. The molecule has 0 unspecified atom stereocenters. The van der Waals surface area contributed by atoms with Crippen molar-refractivity contribution in [3.05, 3.63) is 16.1 Å². The maximum atomic E-state index is 11.0. The Morgan fingerprint density at radius 2 is 2.42 bits per heavy atom. The zero-order valence-corrected chi connectivity index (χ0v) is 8.28. The Bertz CT molecular complexity index is 267. The fourth-order valence-electron chi connectivity index (χ4n) is 0.996. The molecule has 0 atom stereocenters. The number of carbonyl (C=O) groups is 1. The number of hydrogen-bond acceptors (Lipinski definition) is 3. The number of hydrogen-bond donors (Lipinski definition) is 0. The zero-order chi connectivity index (χ0) is 8.97. The molecule has 0 saturated heterocycles. The van der Waals surface area contributed by atoms with Gasteiger partial charge in [0.1, 0.15) is 5.78 Å². The molecule has 0 aliphatic carbocycles. The van der Waals surface area contributed by atoms with E-state index in [2.05, 4.69) is 4.98 Å². The molecule has 1 heterocycles. The molecule has 0 radical (unpaired) electrons. The van der Waals surface area contributed by atoms with Crippen LogP contribution in [0.1, 0.15) is 30.3 Å². The Morgan fingerprint density at radius 1 is 1.67 bits per heavy atom. The van der Waals surface area contributed by atoms with Crippen LogP contribution in [0.4, 0.5) is 0 Å². The van der Waals surface area contributed by atoms with E-state index in [9.17, 15) is 4.79 Å². The van der Waals surface area contributed by atoms with Gasteiger partial charge in [-0.05, 0) is 13.3 Å². The van der Waals surface area contributed by atoms with Crippen LogP contribution >= 0.6 is 11.3 Å². The first-order valence-electron chi connectivity index (χ1n) is 4.14. The molecular formula is C9H13NOS. The summed E-state index contributed by atoms with van der Waals surface area (Å²) >= 11 is 1.64. The maximum Gasteiger partial charge on any atom is 0.132 e. The summed E-state index contributed by atoms with van der Waals surface area (Å²) in [5.74, 6) is 0.336. The van der Waals surface area contributed by atoms with Crippen molar-refractivity contribution in [1.29, 1.82) is 0 Å². The minimum Gasteiger partial charge on any atom is -0.300 e. The molecule has 0 N–H and O–H groups in total. The number of aromatic nitrogens is 1. The molecule has 66 valence electrons. The van der Waals surface area contributed by atoms with Crippen LogP contribution in [0.2, 0.25) is 0 Å². The molecule has 0 amide bonds. The van der Waals surface area contributed by atoms with Crippen LogP contribution in [0.5, 0.6) is 0 Å². The van der Waals surface area contributed by atoms with Crippen molar-refractivity contribution in [2.24, 2.45) is 0 Å². The Labute approximate surface area is 76.6 Å². The third-order valence-corrected chi connectivity index (χ3v) is 2.86. The molecule has 0 aliphatic rings. The van der Waals surface area contributed by atoms with E-state index in [0.29, 0.717) is 18.6 Å². The van der Waals surface area contributed by atoms with E-state index in [0.717, 1.165) is 12.1 Å². The molecule has 0 fully saturated rings. The van der Waals surface area contributed by atoms with Crippen LogP contribution in [-0.4, -0.2) is 10.8 Å². The number of nitrogens with zero attached hydrogens (tertiary/aromatic N) is 1. The average molecular weight is 183 g/mol. The zero-order valence-electron chi connectivity index (χ0n) is 7.46. The van der Waals surface area contributed by atoms with E-state index >= 15 is 0 Å². The Kier molecular flexibility index (Phi) is 3.41. The molecule has 3 heteroatoms. The summed E-state index contributed by atoms with van der Waals surface area (Å²) in [7, 11) is 0. The normalized spacial score (nSPS) is 10.2. The highest BCUT2D eigenvalue weighted by molar-refractivity contribution is 7.09. The fraction of sp³-hybridized carbons (Fsp3) is 0.556. The summed E-state index contributed by atoms with van der Waals surface area (Å²) in [6.07, 6.45) is 2.18. The monoisotopic (exact) mass is 183 g/mol. The molecule has 0 saturated carbocycles. The van der Waals surface area contributed by atoms with Crippen LogP contribution in [0, 0.1) is 6.92 Å². The first-order chi connectivity index (χ1) is 5.74. The smallest absolute Gasteiger partial charge is 0.132 e. The lowest BCUT2D eigenvalue weighted by Gasteiger charge is -1.95. The highest BCUT2D eigenvalue weighted by atomic mass is 32.1. The lowest BCUT2D eigenvalue weighted by molar-refractivity contribution is -0.118. The van der Waals surface area contributed by atoms with Crippen molar-refractivity contribution in [3.63, 3.8) is 0 Å². The van der Waals surface area contributed by atoms with Gasteiger partial charge in [0.05, 0.1) is 11.2 Å². The Morgan fingerprint density at radius 3 is 2.92 bits per heavy atom. The maximum absolute atomic E-state index is 11.0. The van der Waals surface area contributed by atoms with E-state index in [4.69, 9.17) is 0 Å². The molecule has 2 nitrogen and oxygen atoms in total. The van der Waals surface area contributed by atoms with Crippen molar-refractivity contribution in [1.82, 2.24) is 4.98 Å². The van der Waals surface area contributed by atoms with Crippen molar-refractivity contribution >= 4 is 17.1 Å². The first kappa shape index (κ1) is 9.39. The number of Topliss-reactive ketones (excluding diaryl/α,β-unsaturated/α-hetero) is 1. The van der Waals surface area contributed by atoms with Gasteiger partial charge in [-0.2, -0.15) is 0 Å². The second-order valence-corrected chi connectivity index (χ2v) is 3.69. The van der Waals surface area contributed by atoms with Gasteiger partial charge in [-0.1, -0.05) is 6.92 Å². The van der Waals surface area contributed by atoms with Crippen LogP contribution in [0.3, 0.4) is 0 Å². The van der Waals surface area contributed by atoms with E-state index in [1.807, 2.05) is 19.4 Å². The van der Waals surface area contributed by atoms with Crippen molar-refractivity contribution in [2.45, 2.75) is 33.1 Å². The van der Waals surface area contributed by atoms with Crippen LogP contribution in [-0.2, 0) is 11.2 Å². The van der Waals surface area contributed by atoms with Gasteiger partial charge in [0, 0.05) is 17.7 Å². The first-order valence-corrected chi connectivity index (χ1v) is 5.02.